The van der Waals surface area contributed by atoms with E-state index in [0.717, 1.165) is 19.5 Å². The monoisotopic (exact) mass is 254 g/mol. The second-order valence-electron chi connectivity index (χ2n) is 6.05. The molecule has 1 unspecified atom stereocenters. The van der Waals surface area contributed by atoms with Crippen LogP contribution in [0.3, 0.4) is 0 Å². The van der Waals surface area contributed by atoms with Crippen LogP contribution in [0.5, 0.6) is 0 Å². The summed E-state index contributed by atoms with van der Waals surface area (Å²) in [6, 6.07) is 0. The van der Waals surface area contributed by atoms with Crippen LogP contribution in [-0.4, -0.2) is 50.2 Å². The van der Waals surface area contributed by atoms with Gasteiger partial charge in [0, 0.05) is 19.5 Å². The Hall–Kier alpha value is -0.610. The van der Waals surface area contributed by atoms with Crippen molar-refractivity contribution in [2.24, 2.45) is 11.3 Å². The maximum Gasteiger partial charge on any atom is 0.226 e. The second-order valence-corrected chi connectivity index (χ2v) is 6.05. The number of amides is 1. The standard InChI is InChI=1S/C14H26N2O2/c1-11(2)18-9-8-16(3)13(17)12-10-14(12)4-6-15-7-5-14/h11-12,15H,4-10H2,1-3H3. The fourth-order valence-electron chi connectivity index (χ4n) is 2.98. The van der Waals surface area contributed by atoms with Crippen molar-refractivity contribution in [2.45, 2.75) is 39.2 Å². The lowest BCUT2D eigenvalue weighted by Gasteiger charge is -2.25. The second kappa shape index (κ2) is 5.57. The van der Waals surface area contributed by atoms with Crippen LogP contribution >= 0.6 is 0 Å². The molecule has 1 saturated carbocycles. The molecule has 0 aromatic heterocycles. The van der Waals surface area contributed by atoms with Gasteiger partial charge in [0.25, 0.3) is 0 Å². The van der Waals surface area contributed by atoms with E-state index < -0.39 is 0 Å². The first-order valence-electron chi connectivity index (χ1n) is 7.12. The average Bonchev–Trinajstić information content (AvgIpc) is 3.02. The maximum absolute atomic E-state index is 12.3. The van der Waals surface area contributed by atoms with Crippen LogP contribution in [0.2, 0.25) is 0 Å². The molecule has 2 rings (SSSR count). The summed E-state index contributed by atoms with van der Waals surface area (Å²) in [6.45, 7) is 7.54. The van der Waals surface area contributed by atoms with Gasteiger partial charge in [-0.05, 0) is 51.6 Å². The molecule has 4 nitrogen and oxygen atoms in total. The Bertz CT molecular complexity index is 298. The van der Waals surface area contributed by atoms with Crippen molar-refractivity contribution in [1.82, 2.24) is 10.2 Å². The van der Waals surface area contributed by atoms with Crippen LogP contribution in [0.1, 0.15) is 33.1 Å². The van der Waals surface area contributed by atoms with E-state index in [1.165, 1.54) is 12.8 Å². The molecule has 18 heavy (non-hydrogen) atoms. The van der Waals surface area contributed by atoms with Crippen LogP contribution in [-0.2, 0) is 9.53 Å². The molecule has 104 valence electrons. The first-order chi connectivity index (χ1) is 8.55. The fourth-order valence-corrected chi connectivity index (χ4v) is 2.98. The number of piperidine rings is 1. The molecule has 0 aromatic carbocycles. The predicted molar refractivity (Wildman–Crippen MR) is 71.4 cm³/mol. The minimum atomic E-state index is 0.241. The number of nitrogens with one attached hydrogen (secondary N) is 1. The molecule has 4 heteroatoms. The van der Waals surface area contributed by atoms with E-state index in [-0.39, 0.29) is 12.0 Å². The third-order valence-corrected chi connectivity index (χ3v) is 4.34. The Labute approximate surface area is 110 Å². The SMILES string of the molecule is CC(C)OCCN(C)C(=O)C1CC12CCNCC2. The summed E-state index contributed by atoms with van der Waals surface area (Å²) >= 11 is 0. The third kappa shape index (κ3) is 3.04. The molecule has 1 aliphatic heterocycles. The van der Waals surface area contributed by atoms with Crippen LogP contribution in [0, 0.1) is 11.3 Å². The van der Waals surface area contributed by atoms with Crippen molar-refractivity contribution in [3.63, 3.8) is 0 Å². The molecule has 1 atom stereocenters. The number of rotatable bonds is 5. The molecule has 1 aliphatic carbocycles. The van der Waals surface area contributed by atoms with Crippen LogP contribution in [0.15, 0.2) is 0 Å². The van der Waals surface area contributed by atoms with E-state index in [9.17, 15) is 4.79 Å². The number of hydrogen-bond donors (Lipinski definition) is 1. The summed E-state index contributed by atoms with van der Waals surface area (Å²) in [5, 5.41) is 3.37. The number of ether oxygens (including phenoxy) is 1. The zero-order valence-corrected chi connectivity index (χ0v) is 11.9. The molecule has 1 saturated heterocycles. The zero-order valence-electron chi connectivity index (χ0n) is 11.9. The molecule has 0 aromatic rings. The maximum atomic E-state index is 12.3. The highest BCUT2D eigenvalue weighted by atomic mass is 16.5. The zero-order chi connectivity index (χ0) is 13.2. The highest BCUT2D eigenvalue weighted by molar-refractivity contribution is 5.82. The predicted octanol–water partition coefficient (Wildman–Crippen LogP) is 1.26. The van der Waals surface area contributed by atoms with Gasteiger partial charge in [0.15, 0.2) is 0 Å². The smallest absolute Gasteiger partial charge is 0.226 e. The van der Waals surface area contributed by atoms with Crippen molar-refractivity contribution in [3.8, 4) is 0 Å². The first kappa shape index (κ1) is 13.8. The number of hydrogen-bond acceptors (Lipinski definition) is 3. The molecule has 1 heterocycles. The topological polar surface area (TPSA) is 41.6 Å². The van der Waals surface area contributed by atoms with E-state index in [2.05, 4.69) is 5.32 Å². The Morgan fingerprint density at radius 1 is 1.44 bits per heavy atom. The fraction of sp³-hybridized carbons (Fsp3) is 0.929. The first-order valence-corrected chi connectivity index (χ1v) is 7.12. The summed E-state index contributed by atoms with van der Waals surface area (Å²) in [5.74, 6) is 0.605. The quantitative estimate of drug-likeness (QED) is 0.803. The lowest BCUT2D eigenvalue weighted by molar-refractivity contribution is -0.133. The van der Waals surface area contributed by atoms with E-state index in [1.54, 1.807) is 0 Å². The summed E-state index contributed by atoms with van der Waals surface area (Å²) in [7, 11) is 1.90. The molecule has 2 aliphatic rings. The summed E-state index contributed by atoms with van der Waals surface area (Å²) in [4.78, 5) is 14.2. The molecular formula is C14H26N2O2. The Morgan fingerprint density at radius 2 is 2.11 bits per heavy atom. The third-order valence-electron chi connectivity index (χ3n) is 4.34. The summed E-state index contributed by atoms with van der Waals surface area (Å²) in [6.07, 6.45) is 3.67. The van der Waals surface area contributed by atoms with Crippen LogP contribution in [0.4, 0.5) is 0 Å². The summed E-state index contributed by atoms with van der Waals surface area (Å²) < 4.78 is 5.50. The largest absolute Gasteiger partial charge is 0.377 e. The van der Waals surface area contributed by atoms with Gasteiger partial charge in [0.2, 0.25) is 5.91 Å². The molecule has 1 N–H and O–H groups in total. The normalized spacial score (nSPS) is 25.4. The van der Waals surface area contributed by atoms with Gasteiger partial charge >= 0.3 is 0 Å². The van der Waals surface area contributed by atoms with Crippen molar-refractivity contribution < 1.29 is 9.53 Å². The molecule has 0 bridgehead atoms. The van der Waals surface area contributed by atoms with Gasteiger partial charge in [0.05, 0.1) is 12.7 Å². The van der Waals surface area contributed by atoms with Gasteiger partial charge in [-0.2, -0.15) is 0 Å². The van der Waals surface area contributed by atoms with E-state index in [1.807, 2.05) is 25.8 Å². The Balaban J connectivity index is 1.74. The average molecular weight is 254 g/mol. The van der Waals surface area contributed by atoms with Crippen molar-refractivity contribution in [1.29, 1.82) is 0 Å². The van der Waals surface area contributed by atoms with Crippen molar-refractivity contribution >= 4 is 5.91 Å². The van der Waals surface area contributed by atoms with E-state index in [0.29, 0.717) is 24.5 Å². The van der Waals surface area contributed by atoms with Crippen LogP contribution < -0.4 is 5.32 Å². The number of likely N-dealkylation sites (N-methyl/N-ethyl adjacent to an activating group) is 1. The van der Waals surface area contributed by atoms with Gasteiger partial charge in [-0.3, -0.25) is 4.79 Å². The van der Waals surface area contributed by atoms with Gasteiger partial charge in [-0.25, -0.2) is 0 Å². The van der Waals surface area contributed by atoms with Gasteiger partial charge in [0.1, 0.15) is 0 Å². The van der Waals surface area contributed by atoms with E-state index >= 15 is 0 Å². The summed E-state index contributed by atoms with van der Waals surface area (Å²) in [5.41, 5.74) is 0.343. The van der Waals surface area contributed by atoms with Gasteiger partial charge < -0.3 is 15.0 Å². The van der Waals surface area contributed by atoms with Crippen LogP contribution in [0.25, 0.3) is 0 Å². The molecule has 2 fully saturated rings. The lowest BCUT2D eigenvalue weighted by atomic mass is 9.91. The van der Waals surface area contributed by atoms with Gasteiger partial charge in [-0.15, -0.1) is 0 Å². The van der Waals surface area contributed by atoms with Crippen molar-refractivity contribution in [3.05, 3.63) is 0 Å². The Morgan fingerprint density at radius 3 is 2.72 bits per heavy atom. The molecule has 0 radical (unpaired) electrons. The number of nitrogens with zero attached hydrogens (tertiary/aromatic N) is 1. The minimum Gasteiger partial charge on any atom is -0.377 e. The number of carbonyl (C=O) groups excluding carboxylic acids is 1. The molecular weight excluding hydrogens is 228 g/mol. The highest BCUT2D eigenvalue weighted by Gasteiger charge is 2.58. The highest BCUT2D eigenvalue weighted by Crippen LogP contribution is 2.59. The van der Waals surface area contributed by atoms with Gasteiger partial charge in [-0.1, -0.05) is 0 Å². The molecule has 1 amide bonds. The van der Waals surface area contributed by atoms with E-state index in [4.69, 9.17) is 4.74 Å². The lowest BCUT2D eigenvalue weighted by Crippen LogP contribution is -2.36. The molecule has 1 spiro atoms. The minimum absolute atomic E-state index is 0.241. The number of carbonyl (C=O) groups is 1. The van der Waals surface area contributed by atoms with Crippen molar-refractivity contribution in [2.75, 3.05) is 33.3 Å². The Kier molecular flexibility index (Phi) is 4.28.